The maximum Gasteiger partial charge on any atom is 0.0576 e. The largest absolute Gasteiger partial charge is 0.393 e. The fourth-order valence-corrected chi connectivity index (χ4v) is 3.12. The number of aliphatic hydroxyl groups excluding tert-OH is 1. The van der Waals surface area contributed by atoms with Gasteiger partial charge in [0.1, 0.15) is 0 Å². The van der Waals surface area contributed by atoms with Crippen molar-refractivity contribution in [3.05, 3.63) is 0 Å². The van der Waals surface area contributed by atoms with E-state index in [0.717, 1.165) is 25.9 Å². The molecule has 96 valence electrons. The summed E-state index contributed by atoms with van der Waals surface area (Å²) >= 11 is 0. The molecule has 0 aromatic heterocycles. The predicted molar refractivity (Wildman–Crippen MR) is 67.4 cm³/mol. The molecule has 1 fully saturated rings. The van der Waals surface area contributed by atoms with E-state index < -0.39 is 0 Å². The second-order valence-electron chi connectivity index (χ2n) is 6.18. The molecule has 0 radical (unpaired) electrons. The SMILES string of the molecule is COCCCC(C)(C)C1CCC(C)CC1O. The molecule has 1 aliphatic carbocycles. The first kappa shape index (κ1) is 14.0. The summed E-state index contributed by atoms with van der Waals surface area (Å²) in [5, 5.41) is 10.2. The molecular weight excluding hydrogens is 200 g/mol. The summed E-state index contributed by atoms with van der Waals surface area (Å²) in [6.45, 7) is 7.68. The van der Waals surface area contributed by atoms with Crippen LogP contribution in [0.1, 0.15) is 52.9 Å². The van der Waals surface area contributed by atoms with Gasteiger partial charge in [-0.25, -0.2) is 0 Å². The molecule has 3 atom stereocenters. The molecule has 1 N–H and O–H groups in total. The van der Waals surface area contributed by atoms with Gasteiger partial charge in [0.2, 0.25) is 0 Å². The van der Waals surface area contributed by atoms with Gasteiger partial charge in [-0.2, -0.15) is 0 Å². The number of hydrogen-bond donors (Lipinski definition) is 1. The first-order chi connectivity index (χ1) is 7.47. The van der Waals surface area contributed by atoms with E-state index >= 15 is 0 Å². The Hall–Kier alpha value is -0.0800. The molecule has 0 heterocycles. The van der Waals surface area contributed by atoms with Crippen LogP contribution in [-0.2, 0) is 4.74 Å². The minimum atomic E-state index is -0.0960. The molecule has 0 spiro atoms. The quantitative estimate of drug-likeness (QED) is 0.732. The van der Waals surface area contributed by atoms with Gasteiger partial charge in [0.25, 0.3) is 0 Å². The summed E-state index contributed by atoms with van der Waals surface area (Å²) in [5.41, 5.74) is 0.248. The molecule has 2 heteroatoms. The van der Waals surface area contributed by atoms with E-state index in [9.17, 15) is 5.11 Å². The van der Waals surface area contributed by atoms with E-state index in [1.807, 2.05) is 0 Å². The third-order valence-corrected chi connectivity index (χ3v) is 4.25. The molecule has 0 saturated heterocycles. The standard InChI is InChI=1S/C14H28O2/c1-11-6-7-12(13(15)10-11)14(2,3)8-5-9-16-4/h11-13,15H,5-10H2,1-4H3. The Bertz CT molecular complexity index is 201. The Morgan fingerprint density at radius 1 is 1.31 bits per heavy atom. The molecule has 1 rings (SSSR count). The molecule has 1 aliphatic rings. The van der Waals surface area contributed by atoms with Crippen LogP contribution < -0.4 is 0 Å². The Morgan fingerprint density at radius 2 is 2.00 bits per heavy atom. The van der Waals surface area contributed by atoms with Crippen molar-refractivity contribution in [2.45, 2.75) is 59.0 Å². The minimum absolute atomic E-state index is 0.0960. The Labute approximate surface area is 100 Å². The third kappa shape index (κ3) is 3.74. The molecule has 16 heavy (non-hydrogen) atoms. The highest BCUT2D eigenvalue weighted by Gasteiger charge is 2.37. The van der Waals surface area contributed by atoms with E-state index in [2.05, 4.69) is 20.8 Å². The fraction of sp³-hybridized carbons (Fsp3) is 1.00. The first-order valence-corrected chi connectivity index (χ1v) is 6.64. The Morgan fingerprint density at radius 3 is 2.56 bits per heavy atom. The van der Waals surface area contributed by atoms with Crippen molar-refractivity contribution in [1.82, 2.24) is 0 Å². The lowest BCUT2D eigenvalue weighted by Crippen LogP contribution is -2.38. The van der Waals surface area contributed by atoms with Crippen molar-refractivity contribution in [1.29, 1.82) is 0 Å². The van der Waals surface area contributed by atoms with Gasteiger partial charge in [-0.15, -0.1) is 0 Å². The van der Waals surface area contributed by atoms with E-state index in [4.69, 9.17) is 4.74 Å². The maximum atomic E-state index is 10.2. The molecule has 3 unspecified atom stereocenters. The summed E-state index contributed by atoms with van der Waals surface area (Å²) in [6.07, 6.45) is 5.59. The van der Waals surface area contributed by atoms with Gasteiger partial charge in [0.15, 0.2) is 0 Å². The van der Waals surface area contributed by atoms with Gasteiger partial charge in [-0.05, 0) is 42.9 Å². The zero-order chi connectivity index (χ0) is 12.2. The molecular formula is C14H28O2. The highest BCUT2D eigenvalue weighted by molar-refractivity contribution is 4.87. The van der Waals surface area contributed by atoms with Gasteiger partial charge in [0, 0.05) is 13.7 Å². The topological polar surface area (TPSA) is 29.5 Å². The summed E-state index contributed by atoms with van der Waals surface area (Å²) in [4.78, 5) is 0. The smallest absolute Gasteiger partial charge is 0.0576 e. The highest BCUT2D eigenvalue weighted by atomic mass is 16.5. The van der Waals surface area contributed by atoms with E-state index in [1.54, 1.807) is 7.11 Å². The van der Waals surface area contributed by atoms with Crippen LogP contribution in [-0.4, -0.2) is 24.9 Å². The van der Waals surface area contributed by atoms with Crippen LogP contribution in [0.4, 0.5) is 0 Å². The van der Waals surface area contributed by atoms with Crippen LogP contribution >= 0.6 is 0 Å². The second kappa shape index (κ2) is 6.02. The molecule has 0 aromatic rings. The van der Waals surface area contributed by atoms with Crippen molar-refractivity contribution in [3.63, 3.8) is 0 Å². The highest BCUT2D eigenvalue weighted by Crippen LogP contribution is 2.42. The molecule has 0 aliphatic heterocycles. The Kier molecular flexibility index (Phi) is 5.26. The van der Waals surface area contributed by atoms with Gasteiger partial charge >= 0.3 is 0 Å². The van der Waals surface area contributed by atoms with E-state index in [-0.39, 0.29) is 11.5 Å². The zero-order valence-corrected chi connectivity index (χ0v) is 11.3. The van der Waals surface area contributed by atoms with Crippen molar-refractivity contribution < 1.29 is 9.84 Å². The summed E-state index contributed by atoms with van der Waals surface area (Å²) < 4.78 is 5.11. The zero-order valence-electron chi connectivity index (χ0n) is 11.3. The molecule has 0 bridgehead atoms. The van der Waals surface area contributed by atoms with Gasteiger partial charge in [-0.1, -0.05) is 27.2 Å². The maximum absolute atomic E-state index is 10.2. The number of methoxy groups -OCH3 is 1. The minimum Gasteiger partial charge on any atom is -0.393 e. The van der Waals surface area contributed by atoms with Crippen LogP contribution in [0.15, 0.2) is 0 Å². The van der Waals surface area contributed by atoms with Gasteiger partial charge in [0.05, 0.1) is 6.10 Å². The van der Waals surface area contributed by atoms with Crippen LogP contribution in [0, 0.1) is 17.3 Å². The number of hydrogen-bond acceptors (Lipinski definition) is 2. The Balaban J connectivity index is 2.47. The van der Waals surface area contributed by atoms with Gasteiger partial charge < -0.3 is 9.84 Å². The summed E-state index contributed by atoms with van der Waals surface area (Å²) in [7, 11) is 1.75. The van der Waals surface area contributed by atoms with Crippen molar-refractivity contribution in [3.8, 4) is 0 Å². The van der Waals surface area contributed by atoms with Crippen LogP contribution in [0.3, 0.4) is 0 Å². The van der Waals surface area contributed by atoms with E-state index in [1.165, 1.54) is 12.8 Å². The van der Waals surface area contributed by atoms with Crippen LogP contribution in [0.2, 0.25) is 0 Å². The lowest BCUT2D eigenvalue weighted by atomic mass is 9.66. The van der Waals surface area contributed by atoms with E-state index in [0.29, 0.717) is 11.8 Å². The van der Waals surface area contributed by atoms with Crippen LogP contribution in [0.5, 0.6) is 0 Å². The average Bonchev–Trinajstić information content (AvgIpc) is 2.17. The normalized spacial score (nSPS) is 31.7. The summed E-state index contributed by atoms with van der Waals surface area (Å²) in [6, 6.07) is 0. The van der Waals surface area contributed by atoms with Crippen molar-refractivity contribution >= 4 is 0 Å². The number of aliphatic hydroxyl groups is 1. The van der Waals surface area contributed by atoms with Crippen molar-refractivity contribution in [2.75, 3.05) is 13.7 Å². The fourth-order valence-electron chi connectivity index (χ4n) is 3.12. The lowest BCUT2D eigenvalue weighted by Gasteiger charge is -2.42. The predicted octanol–water partition coefficient (Wildman–Crippen LogP) is 3.24. The van der Waals surface area contributed by atoms with Crippen LogP contribution in [0.25, 0.3) is 0 Å². The monoisotopic (exact) mass is 228 g/mol. The number of ether oxygens (including phenoxy) is 1. The lowest BCUT2D eigenvalue weighted by molar-refractivity contribution is -0.0186. The molecule has 1 saturated carbocycles. The van der Waals surface area contributed by atoms with Gasteiger partial charge in [-0.3, -0.25) is 0 Å². The van der Waals surface area contributed by atoms with Crippen molar-refractivity contribution in [2.24, 2.45) is 17.3 Å². The second-order valence-corrected chi connectivity index (χ2v) is 6.18. The summed E-state index contributed by atoms with van der Waals surface area (Å²) in [5.74, 6) is 1.17. The molecule has 0 aromatic carbocycles. The number of rotatable bonds is 5. The first-order valence-electron chi connectivity index (χ1n) is 6.64. The average molecular weight is 228 g/mol. The molecule has 2 nitrogen and oxygen atoms in total. The third-order valence-electron chi connectivity index (χ3n) is 4.25. The molecule has 0 amide bonds.